The van der Waals surface area contributed by atoms with E-state index in [1.54, 1.807) is 56.0 Å². The van der Waals surface area contributed by atoms with Crippen molar-refractivity contribution in [1.82, 2.24) is 14.3 Å². The van der Waals surface area contributed by atoms with Crippen LogP contribution in [0.15, 0.2) is 65.8 Å². The maximum atomic E-state index is 15.7. The van der Waals surface area contributed by atoms with E-state index in [9.17, 15) is 13.2 Å². The first-order chi connectivity index (χ1) is 23.7. The molecule has 50 heavy (non-hydrogen) atoms. The molecule has 16 heteroatoms. The van der Waals surface area contributed by atoms with Crippen molar-refractivity contribution in [3.05, 3.63) is 88.7 Å². The van der Waals surface area contributed by atoms with Gasteiger partial charge in [0, 0.05) is 47.2 Å². The minimum Gasteiger partial charge on any atom is -0.497 e. The smallest absolute Gasteiger partial charge is 0.410 e. The molecule has 1 saturated heterocycles. The molecule has 0 spiro atoms. The van der Waals surface area contributed by atoms with Crippen LogP contribution in [-0.2, 0) is 21.3 Å². The van der Waals surface area contributed by atoms with Gasteiger partial charge >= 0.3 is 6.09 Å². The number of benzene rings is 3. The number of piperidine rings is 1. The molecule has 0 radical (unpaired) electrons. The van der Waals surface area contributed by atoms with Crippen molar-refractivity contribution in [1.29, 1.82) is 0 Å². The van der Waals surface area contributed by atoms with E-state index in [1.807, 2.05) is 12.1 Å². The molecule has 1 aliphatic heterocycles. The topological polar surface area (TPSA) is 120 Å². The summed E-state index contributed by atoms with van der Waals surface area (Å²) in [5.41, 5.74) is 0.659. The van der Waals surface area contributed by atoms with Gasteiger partial charge in [-0.1, -0.05) is 23.7 Å². The number of halogens is 3. The number of amides is 1. The molecule has 2 heterocycles. The van der Waals surface area contributed by atoms with Crippen molar-refractivity contribution in [2.75, 3.05) is 38.2 Å². The summed E-state index contributed by atoms with van der Waals surface area (Å²) in [7, 11) is -1.69. The van der Waals surface area contributed by atoms with Gasteiger partial charge in [-0.15, -0.1) is 0 Å². The van der Waals surface area contributed by atoms with Crippen molar-refractivity contribution in [2.45, 2.75) is 50.2 Å². The minimum atomic E-state index is -4.59. The highest BCUT2D eigenvalue weighted by Crippen LogP contribution is 2.37. The second-order valence-corrected chi connectivity index (χ2v) is 15.6. The fraction of sp³-hybridized carbons (Fsp3) is 0.382. The van der Waals surface area contributed by atoms with Gasteiger partial charge in [-0.3, -0.25) is 0 Å². The average molecular weight is 751 g/mol. The van der Waals surface area contributed by atoms with Gasteiger partial charge in [0.15, 0.2) is 17.4 Å². The molecule has 2 atom stereocenters. The molecule has 4 aromatic rings. The molecular formula is C34H37ClF2N4O7S2. The third kappa shape index (κ3) is 8.56. The predicted octanol–water partition coefficient (Wildman–Crippen LogP) is 7.30. The van der Waals surface area contributed by atoms with E-state index >= 15 is 8.78 Å². The Balaban J connectivity index is 1.41. The third-order valence-electron chi connectivity index (χ3n) is 8.06. The highest BCUT2D eigenvalue weighted by Gasteiger charge is 2.36. The van der Waals surface area contributed by atoms with Crippen LogP contribution in [0.1, 0.15) is 44.2 Å². The van der Waals surface area contributed by atoms with E-state index in [-0.39, 0.29) is 30.7 Å². The van der Waals surface area contributed by atoms with Gasteiger partial charge in [0.1, 0.15) is 23.4 Å². The number of methoxy groups -OCH3 is 2. The molecule has 0 unspecified atom stereocenters. The lowest BCUT2D eigenvalue weighted by atomic mass is 9.81. The Labute approximate surface area is 298 Å². The number of anilines is 1. The number of rotatable bonds is 11. The summed E-state index contributed by atoms with van der Waals surface area (Å²) < 4.78 is 86.1. The first-order valence-electron chi connectivity index (χ1n) is 15.6. The zero-order valence-electron chi connectivity index (χ0n) is 28.1. The number of nitrogens with zero attached hydrogens (tertiary/aromatic N) is 4. The minimum absolute atomic E-state index is 0.0240. The molecule has 0 bridgehead atoms. The molecule has 1 amide bonds. The van der Waals surface area contributed by atoms with Crippen LogP contribution >= 0.6 is 23.1 Å². The molecule has 0 N–H and O–H groups in total. The maximum Gasteiger partial charge on any atom is 0.410 e. The van der Waals surface area contributed by atoms with Crippen molar-refractivity contribution in [3.8, 4) is 17.2 Å². The highest BCUT2D eigenvalue weighted by atomic mass is 35.5. The summed E-state index contributed by atoms with van der Waals surface area (Å²) in [6.07, 6.45) is 1.21. The molecule has 0 aliphatic carbocycles. The van der Waals surface area contributed by atoms with E-state index in [0.29, 0.717) is 47.2 Å². The Morgan fingerprint density at radius 3 is 2.36 bits per heavy atom. The number of ether oxygens (including phenoxy) is 4. The number of carbonyl (C=O) groups is 1. The quantitative estimate of drug-likeness (QED) is 0.156. The van der Waals surface area contributed by atoms with Crippen molar-refractivity contribution in [2.24, 2.45) is 5.92 Å². The zero-order chi connectivity index (χ0) is 36.2. The normalized spacial score (nSPS) is 16.5. The Hall–Kier alpha value is -4.21. The van der Waals surface area contributed by atoms with E-state index < -0.39 is 49.9 Å². The third-order valence-corrected chi connectivity index (χ3v) is 10.8. The fourth-order valence-corrected chi connectivity index (χ4v) is 7.93. The van der Waals surface area contributed by atoms with Crippen LogP contribution in [0.3, 0.4) is 0 Å². The summed E-state index contributed by atoms with van der Waals surface area (Å²) in [6, 6.07) is 13.5. The molecular weight excluding hydrogens is 714 g/mol. The van der Waals surface area contributed by atoms with Crippen LogP contribution in [0, 0.1) is 17.6 Å². The second-order valence-electron chi connectivity index (χ2n) is 12.6. The number of likely N-dealkylation sites (tertiary alicyclic amines) is 1. The Morgan fingerprint density at radius 2 is 1.76 bits per heavy atom. The lowest BCUT2D eigenvalue weighted by Crippen LogP contribution is -2.46. The number of hydrogen-bond acceptors (Lipinski definition) is 10. The summed E-state index contributed by atoms with van der Waals surface area (Å²) in [5.74, 6) is -2.89. The van der Waals surface area contributed by atoms with E-state index in [0.717, 1.165) is 21.4 Å². The molecule has 3 aromatic carbocycles. The van der Waals surface area contributed by atoms with Crippen LogP contribution in [-0.4, -0.2) is 68.3 Å². The van der Waals surface area contributed by atoms with Gasteiger partial charge in [-0.25, -0.2) is 31.3 Å². The van der Waals surface area contributed by atoms with Crippen molar-refractivity contribution < 1.29 is 40.9 Å². The number of carbonyl (C=O) groups excluding carboxylic acids is 1. The van der Waals surface area contributed by atoms with Crippen LogP contribution in [0.4, 0.5) is 18.7 Å². The van der Waals surface area contributed by atoms with Crippen molar-refractivity contribution in [3.63, 3.8) is 0 Å². The Bertz CT molecular complexity index is 1890. The SMILES string of the molecule is COc1ccc(CN(c2ncns2)S(=O)(=O)c2cc(F)c(OC[C@@H]3CN(C(=O)OC(C)(C)C)CC[C@H]3c3ccc(Cl)cc3)c(F)c2)c(OC)c1. The van der Waals surface area contributed by atoms with Gasteiger partial charge in [-0.05, 0) is 75.1 Å². The standard InChI is InChI=1S/C34H37ClF2N4O7S2/c1-34(2,3)48-33(42)40-13-12-27(21-6-9-24(35)10-7-21)23(17-40)19-47-31-28(36)15-26(16-29(31)37)50(43,44)41(32-38-20-39-49-32)18-22-8-11-25(45-4)14-30(22)46-5/h6-11,14-16,20,23,27H,12-13,17-19H2,1-5H3/t23-,27-/m0/s1. The molecule has 5 rings (SSSR count). The average Bonchev–Trinajstić information content (AvgIpc) is 3.61. The summed E-state index contributed by atoms with van der Waals surface area (Å²) in [5, 5.41) is 0.531. The first-order valence-corrected chi connectivity index (χ1v) is 18.1. The monoisotopic (exact) mass is 750 g/mol. The fourth-order valence-electron chi connectivity index (χ4n) is 5.65. The van der Waals surface area contributed by atoms with E-state index in [2.05, 4.69) is 9.36 Å². The number of hydrogen-bond donors (Lipinski definition) is 0. The molecule has 1 aromatic heterocycles. The van der Waals surface area contributed by atoms with E-state index in [4.69, 9.17) is 30.5 Å². The van der Waals surface area contributed by atoms with Gasteiger partial charge < -0.3 is 23.8 Å². The Kier molecular flexibility index (Phi) is 11.4. The number of aromatic nitrogens is 2. The largest absolute Gasteiger partial charge is 0.497 e. The predicted molar refractivity (Wildman–Crippen MR) is 185 cm³/mol. The van der Waals surface area contributed by atoms with E-state index in [1.165, 1.54) is 20.5 Å². The Morgan fingerprint density at radius 1 is 1.06 bits per heavy atom. The lowest BCUT2D eigenvalue weighted by molar-refractivity contribution is 0.0108. The van der Waals surface area contributed by atoms with Crippen LogP contribution in [0.25, 0.3) is 0 Å². The molecule has 1 fully saturated rings. The van der Waals surface area contributed by atoms with Crippen molar-refractivity contribution >= 4 is 44.4 Å². The van der Waals surface area contributed by atoms with Gasteiger partial charge in [-0.2, -0.15) is 4.37 Å². The molecule has 268 valence electrons. The first kappa shape index (κ1) is 37.1. The zero-order valence-corrected chi connectivity index (χ0v) is 30.4. The van der Waals surface area contributed by atoms with Crippen LogP contribution in [0.2, 0.25) is 5.02 Å². The van der Waals surface area contributed by atoms with Gasteiger partial charge in [0.25, 0.3) is 10.0 Å². The number of sulfonamides is 1. The maximum absolute atomic E-state index is 15.7. The lowest BCUT2D eigenvalue weighted by Gasteiger charge is -2.39. The second kappa shape index (κ2) is 15.4. The summed E-state index contributed by atoms with van der Waals surface area (Å²) >= 11 is 6.90. The molecule has 0 saturated carbocycles. The highest BCUT2D eigenvalue weighted by molar-refractivity contribution is 7.93. The summed E-state index contributed by atoms with van der Waals surface area (Å²) in [6.45, 7) is 5.44. The molecule has 1 aliphatic rings. The van der Waals surface area contributed by atoms with Crippen LogP contribution in [0.5, 0.6) is 17.2 Å². The van der Waals surface area contributed by atoms with Gasteiger partial charge in [0.2, 0.25) is 5.13 Å². The van der Waals surface area contributed by atoms with Gasteiger partial charge in [0.05, 0.1) is 32.3 Å². The molecule has 11 nitrogen and oxygen atoms in total. The summed E-state index contributed by atoms with van der Waals surface area (Å²) in [4.78, 5) is 17.9. The van der Waals surface area contributed by atoms with Crippen LogP contribution < -0.4 is 18.5 Å².